The molecule has 1 rings (SSSR count). The smallest absolute Gasteiger partial charge is 0.315 e. The molecule has 0 aliphatic rings. The van der Waals surface area contributed by atoms with Crippen molar-refractivity contribution >= 4 is 39.3 Å². The Hall–Kier alpha value is -1.08. The van der Waals surface area contributed by atoms with Gasteiger partial charge >= 0.3 is 12.0 Å². The highest BCUT2D eigenvalue weighted by atomic mass is 79.9. The van der Waals surface area contributed by atoms with Gasteiger partial charge in [-0.1, -0.05) is 6.92 Å². The van der Waals surface area contributed by atoms with Crippen molar-refractivity contribution in [3.05, 3.63) is 20.8 Å². The maximum Gasteiger partial charge on any atom is 0.315 e. The van der Waals surface area contributed by atoms with Crippen molar-refractivity contribution in [1.29, 1.82) is 0 Å². The molecule has 1 aromatic heterocycles. The van der Waals surface area contributed by atoms with Crippen LogP contribution in [-0.2, 0) is 11.3 Å². The molecule has 1 aromatic rings. The van der Waals surface area contributed by atoms with E-state index < -0.39 is 5.97 Å². The quantitative estimate of drug-likeness (QED) is 0.664. The fraction of sp³-hybridized carbons (Fsp3) is 0.538. The van der Waals surface area contributed by atoms with Crippen LogP contribution in [0.1, 0.15) is 31.1 Å². The second kappa shape index (κ2) is 8.97. The summed E-state index contributed by atoms with van der Waals surface area (Å²) in [5.41, 5.74) is 0. The summed E-state index contributed by atoms with van der Waals surface area (Å²) >= 11 is 4.95. The molecule has 1 heterocycles. The number of halogens is 1. The minimum Gasteiger partial charge on any atom is -0.481 e. The molecule has 5 nitrogen and oxygen atoms in total. The Morgan fingerprint density at radius 3 is 2.75 bits per heavy atom. The van der Waals surface area contributed by atoms with Crippen LogP contribution in [0, 0.1) is 5.92 Å². The van der Waals surface area contributed by atoms with Crippen LogP contribution in [-0.4, -0.2) is 23.7 Å². The lowest BCUT2D eigenvalue weighted by Crippen LogP contribution is -2.35. The van der Waals surface area contributed by atoms with Crippen molar-refractivity contribution in [1.82, 2.24) is 10.6 Å². The molecule has 0 aromatic carbocycles. The summed E-state index contributed by atoms with van der Waals surface area (Å²) in [6, 6.07) is 1.78. The van der Waals surface area contributed by atoms with Crippen LogP contribution in [0.15, 0.2) is 15.9 Å². The summed E-state index contributed by atoms with van der Waals surface area (Å²) in [6.45, 7) is 3.06. The highest BCUT2D eigenvalue weighted by molar-refractivity contribution is 9.10. The first-order valence-electron chi connectivity index (χ1n) is 6.43. The second-order valence-electron chi connectivity index (χ2n) is 4.67. The Labute approximate surface area is 130 Å². The molecule has 7 heteroatoms. The fourth-order valence-electron chi connectivity index (χ4n) is 1.62. The van der Waals surface area contributed by atoms with Crippen LogP contribution < -0.4 is 10.6 Å². The van der Waals surface area contributed by atoms with Crippen molar-refractivity contribution in [3.63, 3.8) is 0 Å². The third kappa shape index (κ3) is 7.49. The van der Waals surface area contributed by atoms with Gasteiger partial charge in [-0.15, -0.1) is 11.3 Å². The maximum atomic E-state index is 11.5. The topological polar surface area (TPSA) is 78.4 Å². The van der Waals surface area contributed by atoms with Gasteiger partial charge in [-0.3, -0.25) is 4.79 Å². The molecule has 1 unspecified atom stereocenters. The molecule has 112 valence electrons. The number of rotatable bonds is 8. The molecule has 0 radical (unpaired) electrons. The van der Waals surface area contributed by atoms with E-state index in [1.807, 2.05) is 18.4 Å². The number of carbonyl (C=O) groups excluding carboxylic acids is 1. The summed E-state index contributed by atoms with van der Waals surface area (Å²) < 4.78 is 1.02. The van der Waals surface area contributed by atoms with E-state index in [1.165, 1.54) is 0 Å². The Morgan fingerprint density at radius 2 is 2.15 bits per heavy atom. The molecule has 0 fully saturated rings. The summed E-state index contributed by atoms with van der Waals surface area (Å²) in [5.74, 6) is -0.482. The molecule has 0 aliphatic carbocycles. The molecule has 2 amide bonds. The average Bonchev–Trinajstić information content (AvgIpc) is 2.80. The van der Waals surface area contributed by atoms with Gasteiger partial charge in [0.1, 0.15) is 0 Å². The molecule has 0 saturated carbocycles. The number of urea groups is 1. The van der Waals surface area contributed by atoms with E-state index in [-0.39, 0.29) is 12.5 Å². The Morgan fingerprint density at radius 1 is 1.40 bits per heavy atom. The lowest BCUT2D eigenvalue weighted by molar-refractivity contribution is -0.137. The van der Waals surface area contributed by atoms with Gasteiger partial charge in [-0.2, -0.15) is 0 Å². The number of carbonyl (C=O) groups is 2. The first-order valence-corrected chi connectivity index (χ1v) is 8.11. The number of nitrogens with one attached hydrogen (secondary N) is 2. The van der Waals surface area contributed by atoms with Gasteiger partial charge in [0.2, 0.25) is 0 Å². The SMILES string of the molecule is CC(CCNC(=O)NCc1cc(Br)cs1)CCC(=O)O. The molecule has 20 heavy (non-hydrogen) atoms. The molecule has 1 atom stereocenters. The van der Waals surface area contributed by atoms with Crippen molar-refractivity contribution in [2.75, 3.05) is 6.54 Å². The predicted molar refractivity (Wildman–Crippen MR) is 82.9 cm³/mol. The monoisotopic (exact) mass is 362 g/mol. The van der Waals surface area contributed by atoms with E-state index in [0.29, 0.717) is 25.4 Å². The largest absolute Gasteiger partial charge is 0.481 e. The highest BCUT2D eigenvalue weighted by Gasteiger charge is 2.07. The van der Waals surface area contributed by atoms with Crippen molar-refractivity contribution in [3.8, 4) is 0 Å². The van der Waals surface area contributed by atoms with Gasteiger partial charge in [0.15, 0.2) is 0 Å². The van der Waals surface area contributed by atoms with E-state index in [4.69, 9.17) is 5.11 Å². The number of aliphatic carboxylic acids is 1. The number of carboxylic acids is 1. The van der Waals surface area contributed by atoms with Gasteiger partial charge in [0, 0.05) is 27.7 Å². The number of hydrogen-bond acceptors (Lipinski definition) is 3. The van der Waals surface area contributed by atoms with E-state index in [1.54, 1.807) is 11.3 Å². The van der Waals surface area contributed by atoms with Crippen molar-refractivity contribution in [2.24, 2.45) is 5.92 Å². The maximum absolute atomic E-state index is 11.5. The van der Waals surface area contributed by atoms with Crippen LogP contribution >= 0.6 is 27.3 Å². The van der Waals surface area contributed by atoms with E-state index in [2.05, 4.69) is 26.6 Å². The Balaban J connectivity index is 2.09. The van der Waals surface area contributed by atoms with Gasteiger partial charge in [0.05, 0.1) is 6.54 Å². The van der Waals surface area contributed by atoms with E-state index in [0.717, 1.165) is 15.8 Å². The zero-order valence-electron chi connectivity index (χ0n) is 11.3. The van der Waals surface area contributed by atoms with Crippen LogP contribution in [0.5, 0.6) is 0 Å². The molecular weight excluding hydrogens is 344 g/mol. The number of amides is 2. The predicted octanol–water partition coefficient (Wildman–Crippen LogP) is 3.20. The molecule has 0 spiro atoms. The Bertz CT molecular complexity index is 451. The number of carboxylic acid groups (broad SMARTS) is 1. The molecule has 0 aliphatic heterocycles. The van der Waals surface area contributed by atoms with Gasteiger partial charge < -0.3 is 15.7 Å². The second-order valence-corrected chi connectivity index (χ2v) is 6.58. The molecular formula is C13H19BrN2O3S. The van der Waals surface area contributed by atoms with Gasteiger partial charge in [-0.05, 0) is 40.8 Å². The third-order valence-corrected chi connectivity index (χ3v) is 4.52. The summed E-state index contributed by atoms with van der Waals surface area (Å²) in [4.78, 5) is 23.1. The number of thiophene rings is 1. The Kier molecular flexibility index (Phi) is 7.61. The molecule has 3 N–H and O–H groups in total. The lowest BCUT2D eigenvalue weighted by Gasteiger charge is -2.11. The first kappa shape index (κ1) is 17.0. The van der Waals surface area contributed by atoms with Crippen LogP contribution in [0.25, 0.3) is 0 Å². The zero-order chi connectivity index (χ0) is 15.0. The van der Waals surface area contributed by atoms with Crippen molar-refractivity contribution in [2.45, 2.75) is 32.7 Å². The van der Waals surface area contributed by atoms with Crippen LogP contribution in [0.2, 0.25) is 0 Å². The average molecular weight is 363 g/mol. The standard InChI is InChI=1S/C13H19BrN2O3S/c1-9(2-3-12(17)18)4-5-15-13(19)16-7-11-6-10(14)8-20-11/h6,8-9H,2-5,7H2,1H3,(H,17,18)(H2,15,16,19). The minimum atomic E-state index is -0.773. The summed E-state index contributed by atoms with van der Waals surface area (Å²) in [5, 5.41) is 16.1. The van der Waals surface area contributed by atoms with E-state index >= 15 is 0 Å². The van der Waals surface area contributed by atoms with Gasteiger partial charge in [-0.25, -0.2) is 4.79 Å². The number of hydrogen-bond donors (Lipinski definition) is 3. The van der Waals surface area contributed by atoms with Crippen molar-refractivity contribution < 1.29 is 14.7 Å². The normalized spacial score (nSPS) is 11.9. The minimum absolute atomic E-state index is 0.181. The highest BCUT2D eigenvalue weighted by Crippen LogP contribution is 2.19. The third-order valence-electron chi connectivity index (χ3n) is 2.82. The van der Waals surface area contributed by atoms with Crippen LogP contribution in [0.4, 0.5) is 4.79 Å². The lowest BCUT2D eigenvalue weighted by atomic mass is 10.0. The first-order chi connectivity index (χ1) is 9.47. The fourth-order valence-corrected chi connectivity index (χ4v) is 3.01. The zero-order valence-corrected chi connectivity index (χ0v) is 13.7. The summed E-state index contributed by atoms with van der Waals surface area (Å²) in [6.07, 6.45) is 1.60. The molecule has 0 saturated heterocycles. The van der Waals surface area contributed by atoms with Crippen LogP contribution in [0.3, 0.4) is 0 Å². The van der Waals surface area contributed by atoms with Gasteiger partial charge in [0.25, 0.3) is 0 Å². The van der Waals surface area contributed by atoms with E-state index in [9.17, 15) is 9.59 Å². The summed E-state index contributed by atoms with van der Waals surface area (Å²) in [7, 11) is 0. The molecule has 0 bridgehead atoms.